The van der Waals surface area contributed by atoms with E-state index in [2.05, 4.69) is 15.3 Å². The Morgan fingerprint density at radius 1 is 1.03 bits per heavy atom. The molecule has 1 unspecified atom stereocenters. The molecule has 33 heavy (non-hydrogen) atoms. The standard InChI is InChI=1S/C26H26N4O3/c27-25(29-16-17-9-11-28-12-10-17)19-3-5-20(6-4-19)26(33)30-23-8-7-21-13-18(14-24(31)32)1-2-22(21)15-23/h3-12,15,18H,1-2,13-14,16H2,(H2,27,29)(H,30,33)(H,31,32). The number of amidine groups is 1. The van der Waals surface area contributed by atoms with Gasteiger partial charge in [-0.05, 0) is 78.3 Å². The van der Waals surface area contributed by atoms with Crippen LogP contribution >= 0.6 is 0 Å². The summed E-state index contributed by atoms with van der Waals surface area (Å²) in [7, 11) is 0. The minimum absolute atomic E-state index is 0.176. The lowest BCUT2D eigenvalue weighted by atomic mass is 9.82. The van der Waals surface area contributed by atoms with Gasteiger partial charge in [-0.1, -0.05) is 18.2 Å². The Balaban J connectivity index is 1.37. The lowest BCUT2D eigenvalue weighted by molar-refractivity contribution is -0.138. The number of aryl methyl sites for hydroxylation is 1. The average molecular weight is 443 g/mol. The van der Waals surface area contributed by atoms with Crippen LogP contribution < -0.4 is 11.1 Å². The van der Waals surface area contributed by atoms with Gasteiger partial charge in [0.1, 0.15) is 5.84 Å². The molecule has 0 aliphatic heterocycles. The van der Waals surface area contributed by atoms with Gasteiger partial charge in [-0.25, -0.2) is 0 Å². The number of benzene rings is 2. The monoisotopic (exact) mass is 442 g/mol. The summed E-state index contributed by atoms with van der Waals surface area (Å²) in [6, 6.07) is 16.7. The molecule has 4 rings (SSSR count). The molecule has 0 radical (unpaired) electrons. The number of carboxylic acid groups (broad SMARTS) is 1. The van der Waals surface area contributed by atoms with E-state index in [0.29, 0.717) is 17.9 Å². The van der Waals surface area contributed by atoms with Crippen LogP contribution in [0.1, 0.15) is 45.5 Å². The van der Waals surface area contributed by atoms with Crippen molar-refractivity contribution in [1.82, 2.24) is 4.98 Å². The molecule has 0 spiro atoms. The number of aromatic nitrogens is 1. The summed E-state index contributed by atoms with van der Waals surface area (Å²) in [6.45, 7) is 0.464. The number of nitrogens with one attached hydrogen (secondary N) is 1. The first-order valence-corrected chi connectivity index (χ1v) is 10.9. The maximum absolute atomic E-state index is 12.7. The van der Waals surface area contributed by atoms with Crippen LogP contribution in [-0.2, 0) is 24.2 Å². The summed E-state index contributed by atoms with van der Waals surface area (Å²) >= 11 is 0. The van der Waals surface area contributed by atoms with E-state index in [-0.39, 0.29) is 18.2 Å². The number of amides is 1. The summed E-state index contributed by atoms with van der Waals surface area (Å²) in [5.74, 6) is -0.363. The van der Waals surface area contributed by atoms with E-state index < -0.39 is 5.97 Å². The number of aliphatic carboxylic acids is 1. The Hall–Kier alpha value is -4.00. The molecule has 1 aliphatic carbocycles. The molecule has 1 amide bonds. The molecule has 1 aliphatic rings. The number of carboxylic acids is 1. The molecule has 7 heteroatoms. The van der Waals surface area contributed by atoms with Gasteiger partial charge in [-0.15, -0.1) is 0 Å². The van der Waals surface area contributed by atoms with Gasteiger partial charge in [-0.2, -0.15) is 0 Å². The number of aliphatic imine (C=N–C) groups is 1. The fourth-order valence-corrected chi connectivity index (χ4v) is 4.08. The maximum atomic E-state index is 12.7. The van der Waals surface area contributed by atoms with E-state index in [1.54, 1.807) is 36.7 Å². The summed E-state index contributed by atoms with van der Waals surface area (Å²) in [4.78, 5) is 32.1. The first-order chi connectivity index (χ1) is 16.0. The van der Waals surface area contributed by atoms with E-state index >= 15 is 0 Å². The average Bonchev–Trinajstić information content (AvgIpc) is 2.83. The summed E-state index contributed by atoms with van der Waals surface area (Å²) in [5, 5.41) is 12.0. The van der Waals surface area contributed by atoms with Crippen molar-refractivity contribution in [2.45, 2.75) is 32.2 Å². The quantitative estimate of drug-likeness (QED) is 0.380. The molecular weight excluding hydrogens is 416 g/mol. The number of carbonyl (C=O) groups excluding carboxylic acids is 1. The molecule has 3 aromatic rings. The predicted octanol–water partition coefficient (Wildman–Crippen LogP) is 3.82. The number of hydrogen-bond acceptors (Lipinski definition) is 4. The second-order valence-corrected chi connectivity index (χ2v) is 8.28. The van der Waals surface area contributed by atoms with Gasteiger partial charge in [-0.3, -0.25) is 19.6 Å². The van der Waals surface area contributed by atoms with Gasteiger partial charge < -0.3 is 16.2 Å². The number of carbonyl (C=O) groups is 2. The van der Waals surface area contributed by atoms with E-state index in [0.717, 1.165) is 41.6 Å². The molecule has 4 N–H and O–H groups in total. The topological polar surface area (TPSA) is 118 Å². The molecule has 1 atom stereocenters. The second kappa shape index (κ2) is 10.1. The molecule has 168 valence electrons. The van der Waals surface area contributed by atoms with Crippen LogP contribution in [0.4, 0.5) is 5.69 Å². The maximum Gasteiger partial charge on any atom is 0.303 e. The summed E-state index contributed by atoms with van der Waals surface area (Å²) in [5.41, 5.74) is 11.5. The number of fused-ring (bicyclic) bond motifs is 1. The summed E-state index contributed by atoms with van der Waals surface area (Å²) < 4.78 is 0. The number of hydrogen-bond donors (Lipinski definition) is 3. The smallest absolute Gasteiger partial charge is 0.303 e. The molecule has 0 saturated heterocycles. The van der Waals surface area contributed by atoms with Crippen LogP contribution in [0.15, 0.2) is 72.0 Å². The van der Waals surface area contributed by atoms with Gasteiger partial charge in [0.2, 0.25) is 0 Å². The minimum Gasteiger partial charge on any atom is -0.481 e. The van der Waals surface area contributed by atoms with E-state index in [1.165, 1.54) is 5.56 Å². The molecule has 1 heterocycles. The van der Waals surface area contributed by atoms with Gasteiger partial charge in [0, 0.05) is 35.6 Å². The third-order valence-corrected chi connectivity index (χ3v) is 5.88. The van der Waals surface area contributed by atoms with Crippen LogP contribution in [0, 0.1) is 5.92 Å². The van der Waals surface area contributed by atoms with Crippen molar-refractivity contribution in [3.63, 3.8) is 0 Å². The van der Waals surface area contributed by atoms with Crippen molar-refractivity contribution in [2.75, 3.05) is 5.32 Å². The lowest BCUT2D eigenvalue weighted by Gasteiger charge is -2.24. The van der Waals surface area contributed by atoms with Crippen molar-refractivity contribution in [1.29, 1.82) is 0 Å². The van der Waals surface area contributed by atoms with Crippen LogP contribution in [0.5, 0.6) is 0 Å². The fraction of sp³-hybridized carbons (Fsp3) is 0.231. The normalized spacial score (nSPS) is 15.5. The lowest BCUT2D eigenvalue weighted by Crippen LogP contribution is -2.18. The Morgan fingerprint density at radius 3 is 2.48 bits per heavy atom. The van der Waals surface area contributed by atoms with Crippen molar-refractivity contribution in [3.8, 4) is 0 Å². The highest BCUT2D eigenvalue weighted by atomic mass is 16.4. The highest BCUT2D eigenvalue weighted by Crippen LogP contribution is 2.29. The predicted molar refractivity (Wildman–Crippen MR) is 127 cm³/mol. The Kier molecular flexibility index (Phi) is 6.78. The molecule has 1 aromatic heterocycles. The number of nitrogens with zero attached hydrogens (tertiary/aromatic N) is 2. The number of rotatable bonds is 7. The Bertz CT molecular complexity index is 1170. The highest BCUT2D eigenvalue weighted by molar-refractivity contribution is 6.05. The zero-order chi connectivity index (χ0) is 23.2. The molecule has 2 aromatic carbocycles. The van der Waals surface area contributed by atoms with Gasteiger partial charge in [0.15, 0.2) is 0 Å². The zero-order valence-electron chi connectivity index (χ0n) is 18.2. The van der Waals surface area contributed by atoms with Crippen LogP contribution in [0.25, 0.3) is 0 Å². The van der Waals surface area contributed by atoms with Gasteiger partial charge in [0.25, 0.3) is 5.91 Å². The van der Waals surface area contributed by atoms with E-state index in [9.17, 15) is 9.59 Å². The Morgan fingerprint density at radius 2 is 1.76 bits per heavy atom. The van der Waals surface area contributed by atoms with Crippen molar-refractivity contribution >= 4 is 23.4 Å². The van der Waals surface area contributed by atoms with Crippen LogP contribution in [-0.4, -0.2) is 27.8 Å². The molecular formula is C26H26N4O3. The minimum atomic E-state index is -0.750. The van der Waals surface area contributed by atoms with Crippen LogP contribution in [0.3, 0.4) is 0 Å². The second-order valence-electron chi connectivity index (χ2n) is 8.28. The number of nitrogens with two attached hydrogens (primary N) is 1. The van der Waals surface area contributed by atoms with Gasteiger partial charge in [0.05, 0.1) is 6.54 Å². The van der Waals surface area contributed by atoms with Crippen molar-refractivity contribution in [3.05, 3.63) is 94.8 Å². The third-order valence-electron chi connectivity index (χ3n) is 5.88. The SMILES string of the molecule is NC(=NCc1ccncc1)c1ccc(C(=O)Nc2ccc3c(c2)CCC(CC(=O)O)C3)cc1. The fourth-order valence-electron chi connectivity index (χ4n) is 4.08. The van der Waals surface area contributed by atoms with E-state index in [4.69, 9.17) is 10.8 Å². The van der Waals surface area contributed by atoms with E-state index in [1.807, 2.05) is 30.3 Å². The van der Waals surface area contributed by atoms with Crippen molar-refractivity contribution in [2.24, 2.45) is 16.6 Å². The molecule has 0 saturated carbocycles. The zero-order valence-corrected chi connectivity index (χ0v) is 18.2. The first-order valence-electron chi connectivity index (χ1n) is 10.9. The highest BCUT2D eigenvalue weighted by Gasteiger charge is 2.21. The third kappa shape index (κ3) is 5.83. The molecule has 7 nitrogen and oxygen atoms in total. The largest absolute Gasteiger partial charge is 0.481 e. The number of anilines is 1. The van der Waals surface area contributed by atoms with Gasteiger partial charge >= 0.3 is 5.97 Å². The molecule has 0 fully saturated rings. The number of pyridine rings is 1. The Labute approximate surface area is 192 Å². The summed E-state index contributed by atoms with van der Waals surface area (Å²) in [6.07, 6.45) is 6.07. The van der Waals surface area contributed by atoms with Crippen molar-refractivity contribution < 1.29 is 14.7 Å². The van der Waals surface area contributed by atoms with Crippen LogP contribution in [0.2, 0.25) is 0 Å². The molecule has 0 bridgehead atoms. The first kappa shape index (κ1) is 22.2.